The lowest BCUT2D eigenvalue weighted by molar-refractivity contribution is -0.138. The van der Waals surface area contributed by atoms with Gasteiger partial charge in [-0.15, -0.1) is 0 Å². The summed E-state index contributed by atoms with van der Waals surface area (Å²) in [6, 6.07) is 5.02. The number of amides is 1. The van der Waals surface area contributed by atoms with E-state index in [4.69, 9.17) is 5.73 Å². The van der Waals surface area contributed by atoms with E-state index in [0.717, 1.165) is 11.6 Å². The van der Waals surface area contributed by atoms with Gasteiger partial charge in [-0.3, -0.25) is 14.3 Å². The monoisotopic (exact) mass is 491 g/mol. The molecule has 0 aliphatic carbocycles. The van der Waals surface area contributed by atoms with Crippen LogP contribution in [0.25, 0.3) is 0 Å². The summed E-state index contributed by atoms with van der Waals surface area (Å²) in [6.45, 7) is 5.24. The highest BCUT2D eigenvalue weighted by atomic mass is 32.1. The maximum atomic E-state index is 13.4. The lowest BCUT2D eigenvalue weighted by atomic mass is 10.0. The van der Waals surface area contributed by atoms with Crippen LogP contribution < -0.4 is 10.6 Å². The van der Waals surface area contributed by atoms with Gasteiger partial charge in [0, 0.05) is 30.4 Å². The van der Waals surface area contributed by atoms with Crippen molar-refractivity contribution in [3.05, 3.63) is 70.2 Å². The van der Waals surface area contributed by atoms with Gasteiger partial charge < -0.3 is 10.6 Å². The summed E-state index contributed by atoms with van der Waals surface area (Å²) < 4.78 is 41.0. The maximum Gasteiger partial charge on any atom is 0.416 e. The van der Waals surface area contributed by atoms with Crippen molar-refractivity contribution in [1.29, 1.82) is 0 Å². The zero-order valence-electron chi connectivity index (χ0n) is 18.8. The molecule has 4 rings (SSSR count). The average Bonchev–Trinajstić information content (AvgIpc) is 3.15. The smallest absolute Gasteiger partial charge is 0.383 e. The molecule has 3 heterocycles. The Kier molecular flexibility index (Phi) is 6.79. The second kappa shape index (κ2) is 9.13. The summed E-state index contributed by atoms with van der Waals surface area (Å²) in [6.07, 6.45) is -1.55. The number of aryl methyl sites for hydroxylation is 2. The third-order valence-electron chi connectivity index (χ3n) is 5.72. The van der Waals surface area contributed by atoms with Gasteiger partial charge in [-0.2, -0.15) is 31.8 Å². The average molecular weight is 492 g/mol. The van der Waals surface area contributed by atoms with Gasteiger partial charge in [-0.25, -0.2) is 4.98 Å². The van der Waals surface area contributed by atoms with Gasteiger partial charge >= 0.3 is 6.18 Å². The van der Waals surface area contributed by atoms with E-state index in [9.17, 15) is 22.8 Å². The molecule has 11 heteroatoms. The van der Waals surface area contributed by atoms with Crippen molar-refractivity contribution in [3.8, 4) is 0 Å². The van der Waals surface area contributed by atoms with Gasteiger partial charge in [0.2, 0.25) is 0 Å². The molecule has 180 valence electrons. The van der Waals surface area contributed by atoms with Gasteiger partial charge in [-0.1, -0.05) is 0 Å². The Hall–Kier alpha value is -3.34. The molecule has 2 N–H and O–H groups in total. The molecule has 0 fully saturated rings. The second-order valence-electron chi connectivity index (χ2n) is 8.27. The minimum Gasteiger partial charge on any atom is -0.383 e. The lowest BCUT2D eigenvalue weighted by Crippen LogP contribution is -2.43. The van der Waals surface area contributed by atoms with Gasteiger partial charge in [0.05, 0.1) is 23.4 Å². The molecule has 0 unspecified atom stereocenters. The minimum atomic E-state index is -4.47. The van der Waals surface area contributed by atoms with E-state index in [1.54, 1.807) is 23.9 Å². The van der Waals surface area contributed by atoms with Gasteiger partial charge in [-0.05, 0) is 56.2 Å². The molecule has 1 aliphatic heterocycles. The number of rotatable bonds is 4. The normalized spacial score (nSPS) is 15.6. The number of carbonyl (C=O) groups is 2. The summed E-state index contributed by atoms with van der Waals surface area (Å²) in [5.74, 6) is -0.626. The molecule has 3 aromatic rings. The highest BCUT2D eigenvalue weighted by Gasteiger charge is 2.36. The fourth-order valence-corrected chi connectivity index (χ4v) is 4.08. The first-order chi connectivity index (χ1) is 15.5. The number of hydrogen-bond donors (Lipinski definition) is 1. The van der Waals surface area contributed by atoms with Crippen molar-refractivity contribution in [2.45, 2.75) is 39.4 Å². The Morgan fingerprint density at radius 2 is 1.91 bits per heavy atom. The quantitative estimate of drug-likeness (QED) is 0.551. The first kappa shape index (κ1) is 25.3. The highest BCUT2D eigenvalue weighted by Crippen LogP contribution is 2.35. The Labute approximate surface area is 201 Å². The van der Waals surface area contributed by atoms with E-state index < -0.39 is 17.6 Å². The van der Waals surface area contributed by atoms with Crippen LogP contribution in [0.3, 0.4) is 0 Å². The number of halogens is 3. The number of ketones is 1. The highest BCUT2D eigenvalue weighted by molar-refractivity contribution is 7.59. The van der Waals surface area contributed by atoms with Crippen molar-refractivity contribution in [2.75, 3.05) is 17.2 Å². The molecule has 0 bridgehead atoms. The Morgan fingerprint density at radius 3 is 2.56 bits per heavy atom. The molecule has 1 aromatic carbocycles. The molecule has 0 radical (unpaired) electrons. The predicted molar refractivity (Wildman–Crippen MR) is 127 cm³/mol. The van der Waals surface area contributed by atoms with Gasteiger partial charge in [0.25, 0.3) is 5.91 Å². The van der Waals surface area contributed by atoms with Crippen LogP contribution in [-0.2, 0) is 12.6 Å². The van der Waals surface area contributed by atoms with Gasteiger partial charge in [0.15, 0.2) is 5.78 Å². The molecular weight excluding hydrogens is 467 g/mol. The first-order valence-electron chi connectivity index (χ1n) is 10.3. The molecule has 0 spiro atoms. The second-order valence-corrected chi connectivity index (χ2v) is 8.27. The Balaban J connectivity index is 0.00000324. The van der Waals surface area contributed by atoms with E-state index in [1.807, 2.05) is 6.92 Å². The third-order valence-corrected chi connectivity index (χ3v) is 5.72. The van der Waals surface area contributed by atoms with Crippen molar-refractivity contribution in [3.63, 3.8) is 0 Å². The molecule has 1 amide bonds. The number of aromatic nitrogens is 3. The van der Waals surface area contributed by atoms with Crippen LogP contribution in [0.4, 0.5) is 24.7 Å². The number of nitrogens with zero attached hydrogens (tertiary/aromatic N) is 4. The Morgan fingerprint density at radius 1 is 1.21 bits per heavy atom. The first-order valence-corrected chi connectivity index (χ1v) is 10.3. The standard InChI is InChI=1S/C23H22F3N5O2.H2S/c1-12-6-17(21(27)28-9-12)19(32)8-15-10-29-31-14(3)11-30(22(33)20(15)31)16-4-5-18(13(2)7-16)23(24,25)26;/h4-7,9-10,14H,8,11H2,1-3H3,(H2,27,28);1H2/t14-;/m0./s1. The van der Waals surface area contributed by atoms with E-state index >= 15 is 0 Å². The van der Waals surface area contributed by atoms with Crippen LogP contribution in [0.5, 0.6) is 0 Å². The van der Waals surface area contributed by atoms with E-state index in [2.05, 4.69) is 10.1 Å². The molecular formula is C23H24F3N5O2S. The Bertz CT molecular complexity index is 1270. The molecule has 2 aromatic heterocycles. The van der Waals surface area contributed by atoms with Crippen LogP contribution in [0.1, 0.15) is 56.1 Å². The summed E-state index contributed by atoms with van der Waals surface area (Å²) in [4.78, 5) is 31.7. The maximum absolute atomic E-state index is 13.4. The van der Waals surface area contributed by atoms with E-state index in [-0.39, 0.29) is 60.9 Å². The number of hydrogen-bond acceptors (Lipinski definition) is 5. The molecule has 7 nitrogen and oxygen atoms in total. The number of carbonyl (C=O) groups excluding carboxylic acids is 2. The largest absolute Gasteiger partial charge is 0.416 e. The molecule has 1 aliphatic rings. The summed E-state index contributed by atoms with van der Waals surface area (Å²) in [7, 11) is 0. The van der Waals surface area contributed by atoms with E-state index in [1.165, 1.54) is 30.2 Å². The molecule has 34 heavy (non-hydrogen) atoms. The van der Waals surface area contributed by atoms with Crippen molar-refractivity contribution in [1.82, 2.24) is 14.8 Å². The predicted octanol–water partition coefficient (Wildman–Crippen LogP) is 4.26. The number of nitrogens with two attached hydrogens (primary N) is 1. The van der Waals surface area contributed by atoms with Gasteiger partial charge in [0.1, 0.15) is 11.5 Å². The van der Waals surface area contributed by atoms with Crippen molar-refractivity contribution >= 4 is 36.7 Å². The van der Waals surface area contributed by atoms with Crippen LogP contribution in [0.15, 0.2) is 36.7 Å². The number of pyridine rings is 1. The summed E-state index contributed by atoms with van der Waals surface area (Å²) >= 11 is 0. The molecule has 1 atom stereocenters. The number of alkyl halides is 3. The lowest BCUT2D eigenvalue weighted by Gasteiger charge is -2.32. The topological polar surface area (TPSA) is 94.1 Å². The SMILES string of the molecule is Cc1cnc(N)c(C(=O)Cc2cnn3c2C(=O)N(c2ccc(C(F)(F)F)c(C)c2)C[C@@H]3C)c1.S. The molecule has 0 saturated carbocycles. The fraction of sp³-hybridized carbons (Fsp3) is 0.304. The molecule has 0 saturated heterocycles. The van der Waals surface area contributed by atoms with Crippen molar-refractivity contribution < 1.29 is 22.8 Å². The minimum absolute atomic E-state index is 0. The summed E-state index contributed by atoms with van der Waals surface area (Å²) in [5, 5.41) is 4.29. The number of anilines is 2. The van der Waals surface area contributed by atoms with E-state index in [0.29, 0.717) is 11.3 Å². The van der Waals surface area contributed by atoms with Crippen LogP contribution >= 0.6 is 13.5 Å². The third kappa shape index (κ3) is 4.52. The zero-order valence-corrected chi connectivity index (χ0v) is 19.8. The number of nitrogen functional groups attached to an aromatic ring is 1. The number of benzene rings is 1. The fourth-order valence-electron chi connectivity index (χ4n) is 4.08. The van der Waals surface area contributed by atoms with Crippen molar-refractivity contribution in [2.24, 2.45) is 0 Å². The summed E-state index contributed by atoms with van der Waals surface area (Å²) in [5.41, 5.74) is 7.19. The number of Topliss-reactive ketones (excluding diaryl/α,β-unsaturated/α-hetero) is 1. The van der Waals surface area contributed by atoms with Crippen LogP contribution in [0, 0.1) is 13.8 Å². The zero-order chi connectivity index (χ0) is 24.1. The number of fused-ring (bicyclic) bond motifs is 1. The van der Waals surface area contributed by atoms with Crippen LogP contribution in [0.2, 0.25) is 0 Å². The van der Waals surface area contributed by atoms with Crippen LogP contribution in [-0.4, -0.2) is 33.0 Å².